The quantitative estimate of drug-likeness (QED) is 0.617. The summed E-state index contributed by atoms with van der Waals surface area (Å²) in [6.07, 6.45) is 0.472. The Morgan fingerprint density at radius 3 is 1.75 bits per heavy atom. The van der Waals surface area contributed by atoms with Crippen LogP contribution in [0.15, 0.2) is 94.7 Å². The molecule has 0 aliphatic rings. The predicted octanol–water partition coefficient (Wildman–Crippen LogP) is 2.60. The zero-order valence-electron chi connectivity index (χ0n) is 14.9. The molecule has 3 rings (SSSR count). The number of nitrogens with two attached hydrogens (primary N) is 1. The van der Waals surface area contributed by atoms with Gasteiger partial charge in [-0.05, 0) is 41.8 Å². The Labute approximate surface area is 165 Å². The number of primary sulfonamides is 1. The lowest BCUT2D eigenvalue weighted by molar-refractivity contribution is 0.554. The lowest BCUT2D eigenvalue weighted by atomic mass is 10.00. The fourth-order valence-corrected chi connectivity index (χ4v) is 4.57. The molecule has 0 bridgehead atoms. The Bertz CT molecular complexity index is 1130. The first kappa shape index (κ1) is 20.2. The highest BCUT2D eigenvalue weighted by molar-refractivity contribution is 7.89. The number of sulfonamides is 2. The first-order chi connectivity index (χ1) is 13.3. The second-order valence-corrected chi connectivity index (χ2v) is 9.57. The van der Waals surface area contributed by atoms with Crippen molar-refractivity contribution in [3.05, 3.63) is 96.1 Å². The van der Waals surface area contributed by atoms with Gasteiger partial charge in [0.05, 0.1) is 15.8 Å². The van der Waals surface area contributed by atoms with Crippen molar-refractivity contribution in [1.29, 1.82) is 0 Å². The van der Waals surface area contributed by atoms with Crippen molar-refractivity contribution in [3.63, 3.8) is 0 Å². The number of hydrogen-bond donors (Lipinski definition) is 2. The zero-order valence-corrected chi connectivity index (χ0v) is 16.5. The summed E-state index contributed by atoms with van der Waals surface area (Å²) < 4.78 is 51.2. The number of hydrogen-bond acceptors (Lipinski definition) is 4. The molecule has 1 atom stereocenters. The molecule has 8 heteroatoms. The van der Waals surface area contributed by atoms with Crippen LogP contribution < -0.4 is 9.86 Å². The molecule has 3 aromatic carbocycles. The van der Waals surface area contributed by atoms with E-state index in [9.17, 15) is 16.8 Å². The molecular weight excluding hydrogens is 396 g/mol. The lowest BCUT2D eigenvalue weighted by Gasteiger charge is -2.19. The lowest BCUT2D eigenvalue weighted by Crippen LogP contribution is -2.30. The molecule has 1 unspecified atom stereocenters. The van der Waals surface area contributed by atoms with Gasteiger partial charge in [0.25, 0.3) is 0 Å². The first-order valence-electron chi connectivity index (χ1n) is 8.50. The van der Waals surface area contributed by atoms with Crippen LogP contribution in [-0.4, -0.2) is 16.8 Å². The van der Waals surface area contributed by atoms with Crippen LogP contribution in [-0.2, 0) is 26.5 Å². The van der Waals surface area contributed by atoms with Gasteiger partial charge in [0.1, 0.15) is 0 Å². The highest BCUT2D eigenvalue weighted by atomic mass is 32.2. The molecule has 3 aromatic rings. The van der Waals surface area contributed by atoms with Crippen LogP contribution in [0, 0.1) is 0 Å². The average molecular weight is 417 g/mol. The Hall–Kier alpha value is -2.52. The molecule has 0 radical (unpaired) electrons. The molecule has 146 valence electrons. The molecule has 0 aliphatic carbocycles. The Morgan fingerprint density at radius 2 is 1.21 bits per heavy atom. The maximum Gasteiger partial charge on any atom is 0.241 e. The minimum atomic E-state index is -3.89. The summed E-state index contributed by atoms with van der Waals surface area (Å²) >= 11 is 0. The fraction of sp³-hybridized carbons (Fsp3) is 0.100. The van der Waals surface area contributed by atoms with Crippen LogP contribution in [0.4, 0.5) is 0 Å². The standard InChI is InChI=1S/C20H20N2O4S2/c21-27(23,24)18-11-13-19(14-12-18)28(25,26)22-20(17-9-5-2-6-10-17)15-16-7-3-1-4-8-16/h1-14,20,22H,15H2,(H2,21,23,24). The van der Waals surface area contributed by atoms with Gasteiger partial charge in [-0.25, -0.2) is 26.7 Å². The predicted molar refractivity (Wildman–Crippen MR) is 107 cm³/mol. The van der Waals surface area contributed by atoms with Gasteiger partial charge in [-0.1, -0.05) is 60.7 Å². The summed E-state index contributed by atoms with van der Waals surface area (Å²) in [5.74, 6) is 0. The topological polar surface area (TPSA) is 106 Å². The van der Waals surface area contributed by atoms with Crippen molar-refractivity contribution in [2.75, 3.05) is 0 Å². The van der Waals surface area contributed by atoms with E-state index in [2.05, 4.69) is 4.72 Å². The van der Waals surface area contributed by atoms with Crippen LogP contribution in [0.25, 0.3) is 0 Å². The third-order valence-electron chi connectivity index (χ3n) is 4.24. The van der Waals surface area contributed by atoms with E-state index < -0.39 is 26.1 Å². The van der Waals surface area contributed by atoms with E-state index in [-0.39, 0.29) is 9.79 Å². The van der Waals surface area contributed by atoms with Crippen LogP contribution in [0.2, 0.25) is 0 Å². The molecule has 0 amide bonds. The van der Waals surface area contributed by atoms with Crippen LogP contribution in [0.5, 0.6) is 0 Å². The third kappa shape index (κ3) is 5.05. The minimum Gasteiger partial charge on any atom is -0.225 e. The third-order valence-corrected chi connectivity index (χ3v) is 6.66. The maximum atomic E-state index is 12.9. The van der Waals surface area contributed by atoms with E-state index >= 15 is 0 Å². The Kier molecular flexibility index (Phi) is 5.95. The summed E-state index contributed by atoms with van der Waals surface area (Å²) in [6, 6.07) is 23.2. The largest absolute Gasteiger partial charge is 0.241 e. The molecule has 0 saturated heterocycles. The molecule has 0 aromatic heterocycles. The average Bonchev–Trinajstić information content (AvgIpc) is 2.68. The van der Waals surface area contributed by atoms with Gasteiger partial charge in [-0.15, -0.1) is 0 Å². The SMILES string of the molecule is NS(=O)(=O)c1ccc(S(=O)(=O)NC(Cc2ccccc2)c2ccccc2)cc1. The Balaban J connectivity index is 1.90. The molecule has 6 nitrogen and oxygen atoms in total. The smallest absolute Gasteiger partial charge is 0.225 e. The van der Waals surface area contributed by atoms with E-state index in [1.54, 1.807) is 0 Å². The molecule has 0 saturated carbocycles. The van der Waals surface area contributed by atoms with Crippen molar-refractivity contribution < 1.29 is 16.8 Å². The number of rotatable bonds is 7. The van der Waals surface area contributed by atoms with Crippen molar-refractivity contribution in [3.8, 4) is 0 Å². The number of benzene rings is 3. The van der Waals surface area contributed by atoms with Gasteiger partial charge < -0.3 is 0 Å². The zero-order chi connectivity index (χ0) is 20.2. The van der Waals surface area contributed by atoms with Crippen molar-refractivity contribution in [2.24, 2.45) is 5.14 Å². The van der Waals surface area contributed by atoms with E-state index in [0.29, 0.717) is 6.42 Å². The summed E-state index contributed by atoms with van der Waals surface area (Å²) in [5, 5.41) is 5.07. The molecule has 3 N–H and O–H groups in total. The van der Waals surface area contributed by atoms with Gasteiger partial charge >= 0.3 is 0 Å². The Morgan fingerprint density at radius 1 is 0.714 bits per heavy atom. The monoisotopic (exact) mass is 416 g/mol. The summed E-state index contributed by atoms with van der Waals surface area (Å²) in [6.45, 7) is 0. The highest BCUT2D eigenvalue weighted by Gasteiger charge is 2.22. The van der Waals surface area contributed by atoms with Crippen molar-refractivity contribution in [1.82, 2.24) is 4.72 Å². The van der Waals surface area contributed by atoms with Crippen LogP contribution >= 0.6 is 0 Å². The second kappa shape index (κ2) is 8.24. The molecule has 0 spiro atoms. The second-order valence-electron chi connectivity index (χ2n) is 6.29. The molecular formula is C20H20N2O4S2. The van der Waals surface area contributed by atoms with Crippen LogP contribution in [0.3, 0.4) is 0 Å². The number of nitrogens with one attached hydrogen (secondary N) is 1. The molecule has 0 heterocycles. The van der Waals surface area contributed by atoms with E-state index in [4.69, 9.17) is 5.14 Å². The molecule has 28 heavy (non-hydrogen) atoms. The van der Waals surface area contributed by atoms with Gasteiger partial charge in [-0.3, -0.25) is 0 Å². The van der Waals surface area contributed by atoms with E-state index in [0.717, 1.165) is 11.1 Å². The van der Waals surface area contributed by atoms with E-state index in [1.165, 1.54) is 24.3 Å². The summed E-state index contributed by atoms with van der Waals surface area (Å²) in [4.78, 5) is -0.177. The van der Waals surface area contributed by atoms with Gasteiger partial charge in [-0.2, -0.15) is 0 Å². The molecule has 0 fully saturated rings. The van der Waals surface area contributed by atoms with Gasteiger partial charge in [0.15, 0.2) is 0 Å². The summed E-state index contributed by atoms with van der Waals surface area (Å²) in [5.41, 5.74) is 1.82. The maximum absolute atomic E-state index is 12.9. The van der Waals surface area contributed by atoms with Crippen molar-refractivity contribution >= 4 is 20.0 Å². The summed E-state index contributed by atoms with van der Waals surface area (Å²) in [7, 11) is -7.76. The van der Waals surface area contributed by atoms with Gasteiger partial charge in [0, 0.05) is 0 Å². The minimum absolute atomic E-state index is 0.0334. The van der Waals surface area contributed by atoms with Gasteiger partial charge in [0.2, 0.25) is 20.0 Å². The molecule has 0 aliphatic heterocycles. The fourth-order valence-electron chi connectivity index (χ4n) is 2.83. The van der Waals surface area contributed by atoms with Crippen LogP contribution in [0.1, 0.15) is 17.2 Å². The van der Waals surface area contributed by atoms with E-state index in [1.807, 2.05) is 60.7 Å². The first-order valence-corrected chi connectivity index (χ1v) is 11.5. The normalized spacial score (nSPS) is 13.2. The highest BCUT2D eigenvalue weighted by Crippen LogP contribution is 2.22. The van der Waals surface area contributed by atoms with Crippen molar-refractivity contribution in [2.45, 2.75) is 22.3 Å².